The lowest BCUT2D eigenvalue weighted by molar-refractivity contribution is -0.139. The van der Waals surface area contributed by atoms with E-state index in [2.05, 4.69) is 10.1 Å². The smallest absolute Gasteiger partial charge is 0.331 e. The van der Waals surface area contributed by atoms with E-state index in [4.69, 9.17) is 18.7 Å². The van der Waals surface area contributed by atoms with E-state index >= 15 is 0 Å². The molecular weight excluding hydrogens is 367 g/mol. The van der Waals surface area contributed by atoms with Gasteiger partial charge in [0.15, 0.2) is 18.1 Å². The Morgan fingerprint density at radius 3 is 2.71 bits per heavy atom. The number of ether oxygens (including phenoxy) is 3. The lowest BCUT2D eigenvalue weighted by atomic mass is 10.2. The van der Waals surface area contributed by atoms with E-state index in [1.54, 1.807) is 18.2 Å². The Morgan fingerprint density at radius 2 is 1.89 bits per heavy atom. The first kappa shape index (κ1) is 17.7. The molecule has 0 unspecified atom stereocenters. The highest BCUT2D eigenvalue weighted by Gasteiger charge is 2.12. The highest BCUT2D eigenvalue weighted by atomic mass is 19.1. The van der Waals surface area contributed by atoms with Gasteiger partial charge in [0.25, 0.3) is 5.89 Å². The van der Waals surface area contributed by atoms with Gasteiger partial charge in [-0.05, 0) is 48.0 Å². The van der Waals surface area contributed by atoms with Gasteiger partial charge < -0.3 is 18.7 Å². The standard InChI is InChI=1S/C20H15FN2O5/c21-15-5-3-14(4-6-15)20-22-18(28-23-20)12-27-19(24)8-2-13-1-7-16-17(11-13)26-10-9-25-16/h1-8,11H,9-10,12H2/b8-2+. The normalized spacial score (nSPS) is 12.9. The summed E-state index contributed by atoms with van der Waals surface area (Å²) in [7, 11) is 0. The number of hydrogen-bond donors (Lipinski definition) is 0. The van der Waals surface area contributed by atoms with Crippen LogP contribution in [0.2, 0.25) is 0 Å². The molecule has 8 heteroatoms. The quantitative estimate of drug-likeness (QED) is 0.494. The zero-order chi connectivity index (χ0) is 19.3. The number of hydrogen-bond acceptors (Lipinski definition) is 7. The van der Waals surface area contributed by atoms with Crippen molar-refractivity contribution in [1.82, 2.24) is 10.1 Å². The number of aromatic nitrogens is 2. The molecule has 0 spiro atoms. The Hall–Kier alpha value is -3.68. The van der Waals surface area contributed by atoms with Crippen LogP contribution in [0.4, 0.5) is 4.39 Å². The summed E-state index contributed by atoms with van der Waals surface area (Å²) in [6.45, 7) is 0.845. The fourth-order valence-corrected chi connectivity index (χ4v) is 2.54. The molecule has 0 atom stereocenters. The van der Waals surface area contributed by atoms with Crippen LogP contribution < -0.4 is 9.47 Å². The predicted molar refractivity (Wildman–Crippen MR) is 96.0 cm³/mol. The molecule has 28 heavy (non-hydrogen) atoms. The summed E-state index contributed by atoms with van der Waals surface area (Å²) in [5.41, 5.74) is 1.37. The van der Waals surface area contributed by atoms with Crippen LogP contribution in [-0.2, 0) is 16.1 Å². The molecule has 0 bridgehead atoms. The highest BCUT2D eigenvalue weighted by molar-refractivity contribution is 5.87. The number of benzene rings is 2. The largest absolute Gasteiger partial charge is 0.486 e. The molecule has 7 nitrogen and oxygen atoms in total. The van der Waals surface area contributed by atoms with E-state index in [-0.39, 0.29) is 24.1 Å². The van der Waals surface area contributed by atoms with Crippen molar-refractivity contribution in [2.45, 2.75) is 6.61 Å². The van der Waals surface area contributed by atoms with Crippen LogP contribution in [-0.4, -0.2) is 29.3 Å². The summed E-state index contributed by atoms with van der Waals surface area (Å²) in [6, 6.07) is 11.0. The van der Waals surface area contributed by atoms with Crippen molar-refractivity contribution in [2.75, 3.05) is 13.2 Å². The minimum atomic E-state index is -0.559. The maximum atomic E-state index is 13.0. The molecule has 0 radical (unpaired) electrons. The van der Waals surface area contributed by atoms with Crippen LogP contribution in [0.3, 0.4) is 0 Å². The Bertz CT molecular complexity index is 1010. The Balaban J connectivity index is 1.33. The first-order valence-electron chi connectivity index (χ1n) is 8.50. The van der Waals surface area contributed by atoms with Gasteiger partial charge in [-0.2, -0.15) is 4.98 Å². The molecule has 1 aliphatic heterocycles. The maximum Gasteiger partial charge on any atom is 0.331 e. The number of carbonyl (C=O) groups is 1. The third-order valence-corrected chi connectivity index (χ3v) is 3.89. The number of fused-ring (bicyclic) bond motifs is 1. The Labute approximate surface area is 159 Å². The topological polar surface area (TPSA) is 83.7 Å². The van der Waals surface area contributed by atoms with E-state index in [1.807, 2.05) is 6.07 Å². The van der Waals surface area contributed by atoms with E-state index in [0.29, 0.717) is 30.3 Å². The van der Waals surface area contributed by atoms with Crippen LogP contribution in [0.1, 0.15) is 11.5 Å². The summed E-state index contributed by atoms with van der Waals surface area (Å²) in [5, 5.41) is 3.78. The lowest BCUT2D eigenvalue weighted by Gasteiger charge is -2.18. The molecular formula is C20H15FN2O5. The fourth-order valence-electron chi connectivity index (χ4n) is 2.54. The minimum absolute atomic E-state index is 0.139. The average molecular weight is 382 g/mol. The van der Waals surface area contributed by atoms with E-state index in [0.717, 1.165) is 5.56 Å². The molecule has 0 aliphatic carbocycles. The zero-order valence-corrected chi connectivity index (χ0v) is 14.6. The second-order valence-corrected chi connectivity index (χ2v) is 5.86. The predicted octanol–water partition coefficient (Wildman–Crippen LogP) is 3.40. The monoisotopic (exact) mass is 382 g/mol. The van der Waals surface area contributed by atoms with Gasteiger partial charge in [0.2, 0.25) is 5.82 Å². The minimum Gasteiger partial charge on any atom is -0.486 e. The molecule has 1 aromatic heterocycles. The number of halogens is 1. The highest BCUT2D eigenvalue weighted by Crippen LogP contribution is 2.31. The van der Waals surface area contributed by atoms with Crippen molar-refractivity contribution >= 4 is 12.0 Å². The third kappa shape index (κ3) is 4.17. The van der Waals surface area contributed by atoms with Gasteiger partial charge in [-0.25, -0.2) is 9.18 Å². The second-order valence-electron chi connectivity index (χ2n) is 5.86. The number of rotatable bonds is 5. The van der Waals surface area contributed by atoms with Crippen molar-refractivity contribution < 1.29 is 27.9 Å². The molecule has 0 fully saturated rings. The van der Waals surface area contributed by atoms with Gasteiger partial charge in [0, 0.05) is 11.6 Å². The van der Waals surface area contributed by atoms with E-state index < -0.39 is 5.97 Å². The van der Waals surface area contributed by atoms with Crippen LogP contribution in [0.15, 0.2) is 53.1 Å². The summed E-state index contributed by atoms with van der Waals surface area (Å²) in [4.78, 5) is 16.0. The van der Waals surface area contributed by atoms with Gasteiger partial charge >= 0.3 is 5.97 Å². The SMILES string of the molecule is O=C(/C=C/c1ccc2c(c1)OCCO2)OCc1nc(-c2ccc(F)cc2)no1. The molecule has 0 saturated carbocycles. The third-order valence-electron chi connectivity index (χ3n) is 3.89. The number of carbonyl (C=O) groups excluding carboxylic acids is 1. The van der Waals surface area contributed by atoms with E-state index in [1.165, 1.54) is 30.3 Å². The van der Waals surface area contributed by atoms with Crippen molar-refractivity contribution in [2.24, 2.45) is 0 Å². The van der Waals surface area contributed by atoms with Crippen LogP contribution in [0.5, 0.6) is 11.5 Å². The van der Waals surface area contributed by atoms with Gasteiger partial charge in [0.05, 0.1) is 0 Å². The number of esters is 1. The molecule has 0 amide bonds. The summed E-state index contributed by atoms with van der Waals surface area (Å²) < 4.78 is 34.0. The lowest BCUT2D eigenvalue weighted by Crippen LogP contribution is -2.15. The molecule has 0 N–H and O–H groups in total. The van der Waals surface area contributed by atoms with Crippen LogP contribution in [0, 0.1) is 5.82 Å². The number of nitrogens with zero attached hydrogens (tertiary/aromatic N) is 2. The molecule has 0 saturated heterocycles. The van der Waals surface area contributed by atoms with Crippen molar-refractivity contribution in [3.05, 3.63) is 65.8 Å². The second kappa shape index (κ2) is 7.91. The van der Waals surface area contributed by atoms with Gasteiger partial charge in [0.1, 0.15) is 19.0 Å². The summed E-state index contributed by atoms with van der Waals surface area (Å²) >= 11 is 0. The molecule has 2 aromatic carbocycles. The molecule has 1 aliphatic rings. The first-order chi connectivity index (χ1) is 13.7. The maximum absolute atomic E-state index is 13.0. The van der Waals surface area contributed by atoms with Gasteiger partial charge in [-0.15, -0.1) is 0 Å². The molecule has 2 heterocycles. The zero-order valence-electron chi connectivity index (χ0n) is 14.6. The van der Waals surface area contributed by atoms with Crippen LogP contribution in [0.25, 0.3) is 17.5 Å². The van der Waals surface area contributed by atoms with Gasteiger partial charge in [-0.1, -0.05) is 11.2 Å². The summed E-state index contributed by atoms with van der Waals surface area (Å²) in [6.07, 6.45) is 2.90. The Morgan fingerprint density at radius 1 is 1.11 bits per heavy atom. The van der Waals surface area contributed by atoms with Crippen LogP contribution >= 0.6 is 0 Å². The van der Waals surface area contributed by atoms with Crippen molar-refractivity contribution in [1.29, 1.82) is 0 Å². The average Bonchev–Trinajstić information content (AvgIpc) is 3.20. The van der Waals surface area contributed by atoms with Gasteiger partial charge in [-0.3, -0.25) is 0 Å². The summed E-state index contributed by atoms with van der Waals surface area (Å²) in [5.74, 6) is 0.834. The molecule has 4 rings (SSSR count). The molecule has 142 valence electrons. The molecule has 3 aromatic rings. The van der Waals surface area contributed by atoms with Crippen molar-refractivity contribution in [3.8, 4) is 22.9 Å². The van der Waals surface area contributed by atoms with E-state index in [9.17, 15) is 9.18 Å². The first-order valence-corrected chi connectivity index (χ1v) is 8.50. The fraction of sp³-hybridized carbons (Fsp3) is 0.150. The van der Waals surface area contributed by atoms with Crippen molar-refractivity contribution in [3.63, 3.8) is 0 Å². The Kier molecular flexibility index (Phi) is 5.01.